The van der Waals surface area contributed by atoms with Gasteiger partial charge in [-0.1, -0.05) is 6.07 Å². The first-order valence-electron chi connectivity index (χ1n) is 7.64. The maximum absolute atomic E-state index is 6.55. The Morgan fingerprint density at radius 2 is 1.76 bits per heavy atom. The van der Waals surface area contributed by atoms with Crippen molar-refractivity contribution in [1.29, 1.82) is 0 Å². The zero-order valence-corrected chi connectivity index (χ0v) is 13.3. The van der Waals surface area contributed by atoms with Crippen LogP contribution in [0.4, 0.5) is 0 Å². The molecule has 1 saturated heterocycles. The summed E-state index contributed by atoms with van der Waals surface area (Å²) >= 11 is 0. The van der Waals surface area contributed by atoms with Gasteiger partial charge in [0.1, 0.15) is 13.2 Å². The minimum atomic E-state index is -0.226. The van der Waals surface area contributed by atoms with E-state index in [0.29, 0.717) is 13.2 Å². The number of nitrogens with two attached hydrogens (primary N) is 1. The van der Waals surface area contributed by atoms with Crippen LogP contribution in [0.2, 0.25) is 0 Å². The van der Waals surface area contributed by atoms with Crippen LogP contribution in [0, 0.1) is 5.92 Å². The van der Waals surface area contributed by atoms with Gasteiger partial charge in [0.25, 0.3) is 0 Å². The van der Waals surface area contributed by atoms with Crippen LogP contribution in [0.3, 0.4) is 0 Å². The average Bonchev–Trinajstić information content (AvgIpc) is 2.65. The largest absolute Gasteiger partial charge is 0.486 e. The number of rotatable bonds is 2. The zero-order chi connectivity index (χ0) is 15.3. The van der Waals surface area contributed by atoms with Crippen molar-refractivity contribution < 1.29 is 14.2 Å². The highest BCUT2D eigenvalue weighted by molar-refractivity contribution is 5.45. The zero-order valence-electron chi connectivity index (χ0n) is 13.3. The summed E-state index contributed by atoms with van der Waals surface area (Å²) in [6, 6.07) is 5.94. The van der Waals surface area contributed by atoms with E-state index in [-0.39, 0.29) is 23.2 Å². The maximum Gasteiger partial charge on any atom is 0.161 e. The van der Waals surface area contributed by atoms with Crippen LogP contribution in [-0.2, 0) is 4.74 Å². The van der Waals surface area contributed by atoms with E-state index in [2.05, 4.69) is 27.7 Å². The average molecular weight is 291 g/mol. The third-order valence-corrected chi connectivity index (χ3v) is 4.53. The molecule has 3 rings (SSSR count). The topological polar surface area (TPSA) is 53.7 Å². The summed E-state index contributed by atoms with van der Waals surface area (Å²) in [5.41, 5.74) is 7.28. The highest BCUT2D eigenvalue weighted by atomic mass is 16.6. The molecule has 1 aromatic carbocycles. The second kappa shape index (κ2) is 4.89. The van der Waals surface area contributed by atoms with Crippen LogP contribution >= 0.6 is 0 Å². The van der Waals surface area contributed by atoms with E-state index in [1.807, 2.05) is 18.2 Å². The summed E-state index contributed by atoms with van der Waals surface area (Å²) in [6.07, 6.45) is 0.954. The fraction of sp³-hybridized carbons (Fsp3) is 0.647. The van der Waals surface area contributed by atoms with Gasteiger partial charge in [-0.2, -0.15) is 0 Å². The van der Waals surface area contributed by atoms with Gasteiger partial charge in [-0.25, -0.2) is 0 Å². The van der Waals surface area contributed by atoms with Crippen LogP contribution in [0.1, 0.15) is 45.7 Å². The summed E-state index contributed by atoms with van der Waals surface area (Å²) in [6.45, 7) is 9.72. The lowest BCUT2D eigenvalue weighted by Gasteiger charge is -2.31. The maximum atomic E-state index is 6.55. The molecule has 1 aromatic rings. The molecule has 0 spiro atoms. The van der Waals surface area contributed by atoms with E-state index in [1.165, 1.54) is 0 Å². The minimum Gasteiger partial charge on any atom is -0.486 e. The third kappa shape index (κ3) is 2.74. The van der Waals surface area contributed by atoms with Gasteiger partial charge in [-0.15, -0.1) is 0 Å². The summed E-state index contributed by atoms with van der Waals surface area (Å²) in [4.78, 5) is 0. The number of fused-ring (bicyclic) bond motifs is 1. The lowest BCUT2D eigenvalue weighted by Crippen LogP contribution is -2.35. The number of ether oxygens (including phenoxy) is 3. The van der Waals surface area contributed by atoms with Gasteiger partial charge in [0.15, 0.2) is 11.5 Å². The molecule has 21 heavy (non-hydrogen) atoms. The Bertz CT molecular complexity index is 539. The van der Waals surface area contributed by atoms with E-state index in [4.69, 9.17) is 19.9 Å². The molecule has 2 aliphatic rings. The summed E-state index contributed by atoms with van der Waals surface area (Å²) in [7, 11) is 0. The first-order valence-corrected chi connectivity index (χ1v) is 7.64. The quantitative estimate of drug-likeness (QED) is 0.910. The Kier molecular flexibility index (Phi) is 3.41. The van der Waals surface area contributed by atoms with Gasteiger partial charge in [-0.05, 0) is 51.8 Å². The van der Waals surface area contributed by atoms with Gasteiger partial charge in [0, 0.05) is 12.0 Å². The Morgan fingerprint density at radius 3 is 2.38 bits per heavy atom. The van der Waals surface area contributed by atoms with E-state index < -0.39 is 0 Å². The van der Waals surface area contributed by atoms with Crippen LogP contribution in [0.25, 0.3) is 0 Å². The molecule has 0 aliphatic carbocycles. The van der Waals surface area contributed by atoms with Gasteiger partial charge in [0.2, 0.25) is 0 Å². The molecule has 0 amide bonds. The lowest BCUT2D eigenvalue weighted by atomic mass is 9.79. The van der Waals surface area contributed by atoms with E-state index in [9.17, 15) is 0 Å². The van der Waals surface area contributed by atoms with Crippen molar-refractivity contribution in [3.63, 3.8) is 0 Å². The molecular weight excluding hydrogens is 266 g/mol. The Morgan fingerprint density at radius 1 is 1.10 bits per heavy atom. The Balaban J connectivity index is 1.87. The van der Waals surface area contributed by atoms with E-state index >= 15 is 0 Å². The second-order valence-electron chi connectivity index (χ2n) is 7.20. The monoisotopic (exact) mass is 291 g/mol. The first kappa shape index (κ1) is 14.7. The summed E-state index contributed by atoms with van der Waals surface area (Å²) in [5, 5.41) is 0. The van der Waals surface area contributed by atoms with E-state index in [0.717, 1.165) is 23.5 Å². The number of hydrogen-bond donors (Lipinski definition) is 1. The molecule has 2 N–H and O–H groups in total. The van der Waals surface area contributed by atoms with Gasteiger partial charge in [0.05, 0.1) is 11.2 Å². The number of hydrogen-bond acceptors (Lipinski definition) is 4. The van der Waals surface area contributed by atoms with Crippen molar-refractivity contribution in [3.05, 3.63) is 23.8 Å². The molecule has 2 heterocycles. The fourth-order valence-corrected chi connectivity index (χ4v) is 3.66. The Labute approximate surface area is 126 Å². The highest BCUT2D eigenvalue weighted by Crippen LogP contribution is 2.47. The van der Waals surface area contributed by atoms with Crippen LogP contribution < -0.4 is 15.2 Å². The highest BCUT2D eigenvalue weighted by Gasteiger charge is 2.48. The van der Waals surface area contributed by atoms with Crippen molar-refractivity contribution in [3.8, 4) is 11.5 Å². The molecule has 2 unspecified atom stereocenters. The molecule has 4 heteroatoms. The second-order valence-corrected chi connectivity index (χ2v) is 7.20. The van der Waals surface area contributed by atoms with Gasteiger partial charge >= 0.3 is 0 Å². The molecule has 2 atom stereocenters. The van der Waals surface area contributed by atoms with Crippen molar-refractivity contribution in [2.75, 3.05) is 13.2 Å². The van der Waals surface area contributed by atoms with Crippen molar-refractivity contribution in [1.82, 2.24) is 0 Å². The summed E-state index contributed by atoms with van der Waals surface area (Å²) < 4.78 is 17.4. The standard InChI is InChI=1S/C17H25NO3/c1-16(2)10-12(17(3,4)21-16)15(18)11-5-6-13-14(9-11)20-8-7-19-13/h5-6,9,12,15H,7-8,10,18H2,1-4H3. The van der Waals surface area contributed by atoms with Crippen molar-refractivity contribution >= 4 is 0 Å². The predicted octanol–water partition coefficient (Wildman–Crippen LogP) is 3.05. The number of benzene rings is 1. The smallest absolute Gasteiger partial charge is 0.161 e. The third-order valence-electron chi connectivity index (χ3n) is 4.53. The molecule has 0 aromatic heterocycles. The first-order chi connectivity index (χ1) is 9.78. The SMILES string of the molecule is CC1(C)CC(C(N)c2ccc3c(c2)OCCO3)C(C)(C)O1. The van der Waals surface area contributed by atoms with Crippen LogP contribution in [0.15, 0.2) is 18.2 Å². The predicted molar refractivity (Wildman–Crippen MR) is 81.7 cm³/mol. The Hall–Kier alpha value is -1.26. The summed E-state index contributed by atoms with van der Waals surface area (Å²) in [5.74, 6) is 1.87. The van der Waals surface area contributed by atoms with Crippen molar-refractivity contribution in [2.45, 2.75) is 51.4 Å². The van der Waals surface area contributed by atoms with Gasteiger partial charge < -0.3 is 19.9 Å². The van der Waals surface area contributed by atoms with E-state index in [1.54, 1.807) is 0 Å². The lowest BCUT2D eigenvalue weighted by molar-refractivity contribution is -0.0767. The van der Waals surface area contributed by atoms with Crippen LogP contribution in [-0.4, -0.2) is 24.4 Å². The van der Waals surface area contributed by atoms with Crippen molar-refractivity contribution in [2.24, 2.45) is 11.7 Å². The molecule has 0 bridgehead atoms. The molecule has 4 nitrogen and oxygen atoms in total. The molecular formula is C17H25NO3. The van der Waals surface area contributed by atoms with Gasteiger partial charge in [-0.3, -0.25) is 0 Å². The minimum absolute atomic E-state index is 0.0717. The molecule has 116 valence electrons. The molecule has 2 aliphatic heterocycles. The molecule has 0 saturated carbocycles. The molecule has 1 fully saturated rings. The fourth-order valence-electron chi connectivity index (χ4n) is 3.66. The molecule has 0 radical (unpaired) electrons. The van der Waals surface area contributed by atoms with Crippen LogP contribution in [0.5, 0.6) is 11.5 Å². The normalized spacial score (nSPS) is 27.4.